The van der Waals surface area contributed by atoms with Crippen LogP contribution in [-0.2, 0) is 12.4 Å². The van der Waals surface area contributed by atoms with Crippen LogP contribution in [-0.4, -0.2) is 34.1 Å². The third-order valence-corrected chi connectivity index (χ3v) is 5.41. The molecule has 1 aliphatic rings. The average molecular weight is 434 g/mol. The molecule has 1 saturated heterocycles. The summed E-state index contributed by atoms with van der Waals surface area (Å²) in [5.41, 5.74) is -3.65. The zero-order valence-electron chi connectivity index (χ0n) is 16.7. The molecule has 2 atom stereocenters. The van der Waals surface area contributed by atoms with Crippen molar-refractivity contribution in [1.29, 1.82) is 0 Å². The van der Waals surface area contributed by atoms with E-state index in [2.05, 4.69) is 4.98 Å². The topological polar surface area (TPSA) is 36.4 Å². The van der Waals surface area contributed by atoms with Crippen molar-refractivity contribution in [1.82, 2.24) is 9.88 Å². The van der Waals surface area contributed by atoms with E-state index in [9.17, 15) is 31.4 Å². The highest BCUT2D eigenvalue weighted by atomic mass is 19.4. The van der Waals surface area contributed by atoms with Gasteiger partial charge in [0.1, 0.15) is 5.69 Å². The van der Waals surface area contributed by atoms with Gasteiger partial charge >= 0.3 is 12.4 Å². The van der Waals surface area contributed by atoms with E-state index >= 15 is 0 Å². The van der Waals surface area contributed by atoms with E-state index < -0.39 is 41.3 Å². The second-order valence-corrected chi connectivity index (χ2v) is 8.19. The fraction of sp³-hybridized carbons (Fsp3) is 0.571. The lowest BCUT2D eigenvalue weighted by Gasteiger charge is -2.39. The average Bonchev–Trinajstić information content (AvgIpc) is 2.64. The Hall–Kier alpha value is -1.87. The number of hydrogen-bond donors (Lipinski definition) is 1. The normalized spacial score (nSPS) is 20.1. The standard InChI is InChI=1S/C21H24F6N2O/c1-12(2)11-29-9-4-3-8-16(29)19(30)14-10-17(21(25,26)27)28-18-13(14)6-5-7-15(18)20(22,23)24/h5-7,10,12,16,19,30H,3-4,8-9,11H2,1-2H3/t16-,19?/m1/s1. The summed E-state index contributed by atoms with van der Waals surface area (Å²) in [6.45, 7) is 5.32. The second kappa shape index (κ2) is 8.34. The maximum Gasteiger partial charge on any atom is 0.433 e. The van der Waals surface area contributed by atoms with Gasteiger partial charge < -0.3 is 5.11 Å². The number of piperidine rings is 1. The Bertz CT molecular complexity index is 893. The molecule has 0 radical (unpaired) electrons. The number of halogens is 6. The molecular formula is C21H24F6N2O. The van der Waals surface area contributed by atoms with E-state index in [1.165, 1.54) is 6.07 Å². The van der Waals surface area contributed by atoms with Crippen LogP contribution in [0.15, 0.2) is 24.3 Å². The molecule has 1 aliphatic heterocycles. The van der Waals surface area contributed by atoms with E-state index in [1.54, 1.807) is 0 Å². The maximum absolute atomic E-state index is 13.4. The SMILES string of the molecule is CC(C)CN1CCCC[C@@H]1C(O)c1cc(C(F)(F)F)nc2c(C(F)(F)F)cccc12. The molecule has 0 spiro atoms. The molecule has 0 bridgehead atoms. The first-order chi connectivity index (χ1) is 13.9. The molecule has 30 heavy (non-hydrogen) atoms. The van der Waals surface area contributed by atoms with Crippen LogP contribution in [0.25, 0.3) is 10.9 Å². The number of aliphatic hydroxyl groups is 1. The van der Waals surface area contributed by atoms with Crippen LogP contribution in [0.3, 0.4) is 0 Å². The second-order valence-electron chi connectivity index (χ2n) is 8.19. The van der Waals surface area contributed by atoms with E-state index in [0.717, 1.165) is 18.9 Å². The molecule has 1 N–H and O–H groups in total. The molecule has 9 heteroatoms. The Kier molecular flexibility index (Phi) is 6.34. The highest BCUT2D eigenvalue weighted by Crippen LogP contribution is 2.40. The number of likely N-dealkylation sites (tertiary alicyclic amines) is 1. The molecule has 3 nitrogen and oxygen atoms in total. The van der Waals surface area contributed by atoms with Gasteiger partial charge in [0.15, 0.2) is 0 Å². The van der Waals surface area contributed by atoms with Gasteiger partial charge in [-0.2, -0.15) is 26.3 Å². The highest BCUT2D eigenvalue weighted by molar-refractivity contribution is 5.86. The molecule has 2 heterocycles. The minimum atomic E-state index is -4.94. The molecule has 0 aliphatic carbocycles. The first-order valence-electron chi connectivity index (χ1n) is 9.89. The van der Waals surface area contributed by atoms with E-state index in [1.807, 2.05) is 18.7 Å². The third-order valence-electron chi connectivity index (χ3n) is 5.41. The molecule has 1 aromatic carbocycles. The molecule has 3 rings (SSSR count). The Morgan fingerprint density at radius 3 is 2.40 bits per heavy atom. The zero-order chi connectivity index (χ0) is 22.3. The predicted molar refractivity (Wildman–Crippen MR) is 101 cm³/mol. The molecule has 1 fully saturated rings. The minimum absolute atomic E-state index is 0.111. The lowest BCUT2D eigenvalue weighted by Crippen LogP contribution is -2.45. The Labute approximate surface area is 170 Å². The summed E-state index contributed by atoms with van der Waals surface area (Å²) in [7, 11) is 0. The number of para-hydroxylation sites is 1. The number of benzene rings is 1. The van der Waals surface area contributed by atoms with Gasteiger partial charge in [0, 0.05) is 18.0 Å². The van der Waals surface area contributed by atoms with Crippen molar-refractivity contribution in [3.05, 3.63) is 41.1 Å². The Balaban J connectivity index is 2.18. The van der Waals surface area contributed by atoms with Crippen LogP contribution in [0.1, 0.15) is 56.0 Å². The van der Waals surface area contributed by atoms with E-state index in [4.69, 9.17) is 0 Å². The molecule has 2 aromatic rings. The number of pyridine rings is 1. The maximum atomic E-state index is 13.4. The summed E-state index contributed by atoms with van der Waals surface area (Å²) in [6.07, 6.45) is -8.92. The number of aliphatic hydroxyl groups excluding tert-OH is 1. The first kappa shape index (κ1) is 22.8. The molecule has 0 amide bonds. The fourth-order valence-electron chi connectivity index (χ4n) is 4.17. The van der Waals surface area contributed by atoms with Gasteiger partial charge in [-0.1, -0.05) is 32.4 Å². The van der Waals surface area contributed by atoms with Crippen molar-refractivity contribution in [2.24, 2.45) is 5.92 Å². The summed E-state index contributed by atoms with van der Waals surface area (Å²) < 4.78 is 80.7. The molecule has 166 valence electrons. The van der Waals surface area contributed by atoms with Gasteiger partial charge in [-0.05, 0) is 43.0 Å². The summed E-state index contributed by atoms with van der Waals surface area (Å²) in [5.74, 6) is 0.273. The molecule has 1 aromatic heterocycles. The zero-order valence-corrected chi connectivity index (χ0v) is 16.7. The van der Waals surface area contributed by atoms with Crippen LogP contribution in [0.4, 0.5) is 26.3 Å². The van der Waals surface area contributed by atoms with Crippen LogP contribution in [0, 0.1) is 5.92 Å². The quantitative estimate of drug-likeness (QED) is 0.617. The third kappa shape index (κ3) is 4.72. The van der Waals surface area contributed by atoms with Gasteiger partial charge in [-0.25, -0.2) is 4.98 Å². The fourth-order valence-corrected chi connectivity index (χ4v) is 4.17. The number of hydrogen-bond acceptors (Lipinski definition) is 3. The Morgan fingerprint density at radius 2 is 1.80 bits per heavy atom. The van der Waals surface area contributed by atoms with Gasteiger partial charge in [0.25, 0.3) is 0 Å². The predicted octanol–water partition coefficient (Wildman–Crippen LogP) is 5.82. The largest absolute Gasteiger partial charge is 0.433 e. The summed E-state index contributed by atoms with van der Waals surface area (Å²) >= 11 is 0. The smallest absolute Gasteiger partial charge is 0.387 e. The first-order valence-corrected chi connectivity index (χ1v) is 9.89. The number of alkyl halides is 6. The monoisotopic (exact) mass is 434 g/mol. The van der Waals surface area contributed by atoms with Gasteiger partial charge in [-0.3, -0.25) is 4.90 Å². The lowest BCUT2D eigenvalue weighted by atomic mass is 9.89. The van der Waals surface area contributed by atoms with Gasteiger partial charge in [-0.15, -0.1) is 0 Å². The van der Waals surface area contributed by atoms with Crippen molar-refractivity contribution in [2.75, 3.05) is 13.1 Å². The summed E-state index contributed by atoms with van der Waals surface area (Å²) in [4.78, 5) is 5.32. The minimum Gasteiger partial charge on any atom is -0.387 e. The molecular weight excluding hydrogens is 410 g/mol. The van der Waals surface area contributed by atoms with Crippen LogP contribution < -0.4 is 0 Å². The lowest BCUT2D eigenvalue weighted by molar-refractivity contribution is -0.142. The van der Waals surface area contributed by atoms with E-state index in [0.29, 0.717) is 31.6 Å². The Morgan fingerprint density at radius 1 is 1.10 bits per heavy atom. The van der Waals surface area contributed by atoms with Crippen LogP contribution in [0.2, 0.25) is 0 Å². The van der Waals surface area contributed by atoms with E-state index in [-0.39, 0.29) is 16.9 Å². The van der Waals surface area contributed by atoms with Crippen LogP contribution >= 0.6 is 0 Å². The van der Waals surface area contributed by atoms with Crippen molar-refractivity contribution in [3.63, 3.8) is 0 Å². The van der Waals surface area contributed by atoms with Gasteiger partial charge in [0.2, 0.25) is 0 Å². The highest BCUT2D eigenvalue weighted by Gasteiger charge is 2.39. The summed E-state index contributed by atoms with van der Waals surface area (Å²) in [6, 6.07) is 3.34. The molecule has 1 unspecified atom stereocenters. The van der Waals surface area contributed by atoms with Crippen molar-refractivity contribution < 1.29 is 31.4 Å². The van der Waals surface area contributed by atoms with Gasteiger partial charge in [0.05, 0.1) is 17.2 Å². The van der Waals surface area contributed by atoms with Crippen LogP contribution in [0.5, 0.6) is 0 Å². The summed E-state index contributed by atoms with van der Waals surface area (Å²) in [5, 5.41) is 11.0. The number of rotatable bonds is 4. The number of nitrogens with zero attached hydrogens (tertiary/aromatic N) is 2. The number of aromatic nitrogens is 1. The van der Waals surface area contributed by atoms with Crippen molar-refractivity contribution >= 4 is 10.9 Å². The number of fused-ring (bicyclic) bond motifs is 1. The molecule has 0 saturated carbocycles. The van der Waals surface area contributed by atoms with Crippen molar-refractivity contribution in [2.45, 2.75) is 57.6 Å². The van der Waals surface area contributed by atoms with Crippen molar-refractivity contribution in [3.8, 4) is 0 Å².